The van der Waals surface area contributed by atoms with E-state index in [2.05, 4.69) is 132 Å². The zero-order chi connectivity index (χ0) is 37.2. The Morgan fingerprint density at radius 3 is 1.63 bits per heavy atom. The van der Waals surface area contributed by atoms with Gasteiger partial charge in [0.15, 0.2) is 17.5 Å². The van der Waals surface area contributed by atoms with E-state index in [0.29, 0.717) is 23.0 Å². The first-order valence-corrected chi connectivity index (χ1v) is 19.5. The Bertz CT molecular complexity index is 2530. The van der Waals surface area contributed by atoms with E-state index in [-0.39, 0.29) is 10.8 Å². The molecule has 268 valence electrons. The molecule has 0 saturated heterocycles. The molecule has 0 amide bonds. The molecule has 0 N–H and O–H groups in total. The van der Waals surface area contributed by atoms with Gasteiger partial charge in [-0.25, -0.2) is 15.0 Å². The lowest BCUT2D eigenvalue weighted by Crippen LogP contribution is -2.42. The van der Waals surface area contributed by atoms with Crippen molar-refractivity contribution in [1.82, 2.24) is 15.0 Å². The fourth-order valence-corrected chi connectivity index (χ4v) is 9.75. The van der Waals surface area contributed by atoms with Crippen molar-refractivity contribution >= 4 is 21.9 Å². The van der Waals surface area contributed by atoms with Crippen LogP contribution in [0.2, 0.25) is 0 Å². The molecule has 5 aromatic carbocycles. The third kappa shape index (κ3) is 6.28. The van der Waals surface area contributed by atoms with Crippen molar-refractivity contribution in [1.29, 1.82) is 5.26 Å². The van der Waals surface area contributed by atoms with Gasteiger partial charge >= 0.3 is 0 Å². The molecule has 54 heavy (non-hydrogen) atoms. The van der Waals surface area contributed by atoms with Crippen LogP contribution in [-0.2, 0) is 10.8 Å². The molecule has 0 aliphatic heterocycles. The van der Waals surface area contributed by atoms with Crippen molar-refractivity contribution in [2.24, 2.45) is 17.8 Å². The van der Waals surface area contributed by atoms with Crippen LogP contribution in [0.3, 0.4) is 0 Å². The largest absolute Gasteiger partial charge is 0.456 e. The van der Waals surface area contributed by atoms with Gasteiger partial charge in [0, 0.05) is 27.5 Å². The minimum Gasteiger partial charge on any atom is -0.456 e. The van der Waals surface area contributed by atoms with E-state index in [1.54, 1.807) is 6.07 Å². The fourth-order valence-electron chi connectivity index (χ4n) is 9.75. The van der Waals surface area contributed by atoms with Gasteiger partial charge in [0.25, 0.3) is 0 Å². The van der Waals surface area contributed by atoms with Crippen molar-refractivity contribution in [3.05, 3.63) is 126 Å². The Morgan fingerprint density at radius 1 is 0.593 bits per heavy atom. The molecule has 2 fully saturated rings. The Morgan fingerprint density at radius 2 is 1.07 bits per heavy atom. The molecule has 5 heteroatoms. The lowest BCUT2D eigenvalue weighted by Gasteiger charge is -2.50. The standard InChI is InChI=1S/C49H46N4O/c1-30-22-33-23-31(2)27-49(26-30,28-33)40-18-13-37(14-19-40)47-52-45(51-46(53-47)36-11-16-39(17-12-36)48(3,4)5)35-9-7-34(8-10-35)38-15-21-42-41-20-6-32(29-50)24-43(41)54-44(42)25-38/h6-21,24-25,30-31,33H,22-23,26-28H2,1-5H3/t30-,31+,33?,49?. The molecule has 2 saturated carbocycles. The average molecular weight is 707 g/mol. The Balaban J connectivity index is 1.07. The third-order valence-electron chi connectivity index (χ3n) is 12.1. The number of nitriles is 1. The highest BCUT2D eigenvalue weighted by atomic mass is 16.3. The van der Waals surface area contributed by atoms with Crippen LogP contribution in [0, 0.1) is 29.1 Å². The first kappa shape index (κ1) is 34.2. The van der Waals surface area contributed by atoms with Gasteiger partial charge in [0.1, 0.15) is 11.2 Å². The van der Waals surface area contributed by atoms with Gasteiger partial charge in [-0.15, -0.1) is 0 Å². The smallest absolute Gasteiger partial charge is 0.164 e. The summed E-state index contributed by atoms with van der Waals surface area (Å²) in [6.07, 6.45) is 6.63. The third-order valence-corrected chi connectivity index (χ3v) is 12.1. The van der Waals surface area contributed by atoms with E-state index in [4.69, 9.17) is 19.4 Å². The van der Waals surface area contributed by atoms with Crippen LogP contribution in [0.15, 0.2) is 114 Å². The number of rotatable bonds is 5. The van der Waals surface area contributed by atoms with Gasteiger partial charge < -0.3 is 4.42 Å². The van der Waals surface area contributed by atoms with E-state index in [1.807, 2.05) is 12.1 Å². The Hall–Kier alpha value is -5.60. The van der Waals surface area contributed by atoms with Gasteiger partial charge in [0.05, 0.1) is 11.6 Å². The van der Waals surface area contributed by atoms with Crippen molar-refractivity contribution in [3.8, 4) is 51.4 Å². The molecule has 2 aromatic heterocycles. The molecule has 2 unspecified atom stereocenters. The summed E-state index contributed by atoms with van der Waals surface area (Å²) in [6, 6.07) is 40.3. The summed E-state index contributed by atoms with van der Waals surface area (Å²) in [5.41, 5.74) is 10.2. The topological polar surface area (TPSA) is 75.6 Å². The molecule has 0 radical (unpaired) electrons. The second kappa shape index (κ2) is 13.1. The first-order valence-electron chi connectivity index (χ1n) is 19.5. The highest BCUT2D eigenvalue weighted by Crippen LogP contribution is 2.54. The van der Waals surface area contributed by atoms with Crippen LogP contribution in [0.4, 0.5) is 0 Å². The molecular weight excluding hydrogens is 661 g/mol. The minimum absolute atomic E-state index is 0.0546. The van der Waals surface area contributed by atoms with Gasteiger partial charge in [-0.05, 0) is 113 Å². The van der Waals surface area contributed by atoms with Crippen molar-refractivity contribution < 1.29 is 4.42 Å². The van der Waals surface area contributed by atoms with Crippen LogP contribution in [-0.4, -0.2) is 15.0 Å². The summed E-state index contributed by atoms with van der Waals surface area (Å²) in [5, 5.41) is 11.4. The van der Waals surface area contributed by atoms with E-state index >= 15 is 0 Å². The lowest BCUT2D eigenvalue weighted by atomic mass is 9.54. The minimum atomic E-state index is 0.0546. The Kier molecular flexibility index (Phi) is 8.27. The first-order chi connectivity index (χ1) is 26.0. The summed E-state index contributed by atoms with van der Waals surface area (Å²) in [6.45, 7) is 11.6. The van der Waals surface area contributed by atoms with Crippen LogP contribution in [0.5, 0.6) is 0 Å². The van der Waals surface area contributed by atoms with Gasteiger partial charge in [0.2, 0.25) is 0 Å². The number of aromatic nitrogens is 3. The molecule has 5 nitrogen and oxygen atoms in total. The highest BCUT2D eigenvalue weighted by Gasteiger charge is 2.45. The van der Waals surface area contributed by atoms with E-state index < -0.39 is 0 Å². The quantitative estimate of drug-likeness (QED) is 0.178. The fraction of sp³-hybridized carbons (Fsp3) is 0.306. The monoisotopic (exact) mass is 706 g/mol. The van der Waals surface area contributed by atoms with Crippen molar-refractivity contribution in [2.45, 2.75) is 77.6 Å². The van der Waals surface area contributed by atoms with E-state index in [0.717, 1.165) is 67.5 Å². The average Bonchev–Trinajstić information content (AvgIpc) is 3.54. The molecule has 2 bridgehead atoms. The normalized spacial score (nSPS) is 21.3. The lowest BCUT2D eigenvalue weighted by molar-refractivity contribution is 0.0780. The predicted octanol–water partition coefficient (Wildman–Crippen LogP) is 12.7. The molecule has 2 aliphatic rings. The maximum Gasteiger partial charge on any atom is 0.164 e. The summed E-state index contributed by atoms with van der Waals surface area (Å²) >= 11 is 0. The van der Waals surface area contributed by atoms with Gasteiger partial charge in [-0.1, -0.05) is 113 Å². The number of nitrogens with zero attached hydrogens (tertiary/aromatic N) is 4. The van der Waals surface area contributed by atoms with Crippen LogP contribution >= 0.6 is 0 Å². The van der Waals surface area contributed by atoms with Crippen LogP contribution < -0.4 is 0 Å². The van der Waals surface area contributed by atoms with Crippen molar-refractivity contribution in [2.75, 3.05) is 0 Å². The second-order valence-electron chi connectivity index (χ2n) is 17.4. The number of hydrogen-bond acceptors (Lipinski definition) is 5. The molecule has 9 rings (SSSR count). The molecule has 4 atom stereocenters. The van der Waals surface area contributed by atoms with Crippen LogP contribution in [0.1, 0.15) is 83.4 Å². The van der Waals surface area contributed by atoms with Crippen molar-refractivity contribution in [3.63, 3.8) is 0 Å². The second-order valence-corrected chi connectivity index (χ2v) is 17.4. The number of fused-ring (bicyclic) bond motifs is 5. The number of benzene rings is 5. The zero-order valence-electron chi connectivity index (χ0n) is 31.9. The summed E-state index contributed by atoms with van der Waals surface area (Å²) in [5.74, 6) is 4.39. The highest BCUT2D eigenvalue weighted by molar-refractivity contribution is 6.06. The maximum atomic E-state index is 9.34. The summed E-state index contributed by atoms with van der Waals surface area (Å²) < 4.78 is 6.18. The molecule has 2 heterocycles. The zero-order valence-corrected chi connectivity index (χ0v) is 31.9. The van der Waals surface area contributed by atoms with Gasteiger partial charge in [-0.3, -0.25) is 0 Å². The molecule has 0 spiro atoms. The van der Waals surface area contributed by atoms with Gasteiger partial charge in [-0.2, -0.15) is 5.26 Å². The number of hydrogen-bond donors (Lipinski definition) is 0. The SMILES string of the molecule is C[C@@H]1CC2C[C@H](C)CC(c3ccc(-c4nc(-c5ccc(-c6ccc7c(c6)oc6cc(C#N)ccc67)cc5)nc(-c5ccc(C(C)(C)C)cc5)n4)cc3)(C2)C1. The predicted molar refractivity (Wildman–Crippen MR) is 219 cm³/mol. The summed E-state index contributed by atoms with van der Waals surface area (Å²) in [7, 11) is 0. The van der Waals surface area contributed by atoms with E-state index in [1.165, 1.54) is 43.2 Å². The molecular formula is C49H46N4O. The maximum absolute atomic E-state index is 9.34. The van der Waals surface area contributed by atoms with E-state index in [9.17, 15) is 5.26 Å². The number of furan rings is 1. The molecule has 2 aliphatic carbocycles. The molecule has 7 aromatic rings. The Labute approximate surface area is 318 Å². The van der Waals surface area contributed by atoms with Crippen LogP contribution in [0.25, 0.3) is 67.2 Å². The summed E-state index contributed by atoms with van der Waals surface area (Å²) in [4.78, 5) is 15.3.